The Morgan fingerprint density at radius 2 is 1.53 bits per heavy atom. The smallest absolute Gasteiger partial charge is 0.191 e. The molecule has 1 heterocycles. The van der Waals surface area contributed by atoms with E-state index in [0.29, 0.717) is 31.3 Å². The van der Waals surface area contributed by atoms with Crippen LogP contribution < -0.4 is 14.2 Å². The van der Waals surface area contributed by atoms with Gasteiger partial charge in [-0.1, -0.05) is 31.9 Å². The minimum atomic E-state index is -0.358. The number of halogens is 2. The van der Waals surface area contributed by atoms with E-state index in [0.717, 1.165) is 25.7 Å². The molecule has 0 fully saturated rings. The van der Waals surface area contributed by atoms with Crippen LogP contribution in [0.15, 0.2) is 56.0 Å². The molecule has 0 N–H and O–H groups in total. The molecule has 0 radical (unpaired) electrons. The fraction of sp³-hybridized carbons (Fsp3) is 0.364. The van der Waals surface area contributed by atoms with Crippen LogP contribution in [0.5, 0.6) is 17.2 Å². The van der Waals surface area contributed by atoms with Crippen LogP contribution in [0.1, 0.15) is 13.8 Å². The highest BCUT2D eigenvalue weighted by Gasteiger charge is 2.11. The van der Waals surface area contributed by atoms with Crippen molar-refractivity contribution in [1.82, 2.24) is 0 Å². The first-order valence-corrected chi connectivity index (χ1v) is 11.0. The van der Waals surface area contributed by atoms with Gasteiger partial charge >= 0.3 is 0 Å². The summed E-state index contributed by atoms with van der Waals surface area (Å²) in [6.07, 6.45) is 1.29. The third kappa shape index (κ3) is 6.91. The van der Waals surface area contributed by atoms with Crippen LogP contribution in [0.2, 0.25) is 0 Å². The molecule has 0 saturated heterocycles. The molecular formula is C22H26Br2O6. The van der Waals surface area contributed by atoms with Gasteiger partial charge in [-0.2, -0.15) is 0 Å². The first-order valence-electron chi connectivity index (χ1n) is 9.43. The maximum Gasteiger partial charge on any atom is 0.191 e. The van der Waals surface area contributed by atoms with Crippen molar-refractivity contribution in [1.29, 1.82) is 0 Å². The van der Waals surface area contributed by atoms with Gasteiger partial charge < -0.3 is 28.1 Å². The second-order valence-corrected chi connectivity index (χ2v) is 7.63. The van der Waals surface area contributed by atoms with Gasteiger partial charge in [-0.3, -0.25) is 0 Å². The number of benzene rings is 2. The lowest BCUT2D eigenvalue weighted by Gasteiger charge is -2.18. The fourth-order valence-electron chi connectivity index (χ4n) is 2.60. The molecule has 2 aromatic carbocycles. The van der Waals surface area contributed by atoms with E-state index in [1.165, 1.54) is 0 Å². The minimum absolute atomic E-state index is 0.328. The van der Waals surface area contributed by atoms with Crippen molar-refractivity contribution >= 4 is 42.8 Å². The van der Waals surface area contributed by atoms with Gasteiger partial charge in [-0.25, -0.2) is 0 Å². The molecule has 0 unspecified atom stereocenters. The standard InChI is InChI=1S/C13H19BrO4.C9H7BrO2/c1-4-16-13(17-5-2)9-18-12-8-10(14)6-7-11(12)15-3;1-11-8-3-2-7(10)6-4-5-12-9(6)8/h6-8,13H,4-5,9H2,1-3H3;2-5H,1H3. The number of furan rings is 1. The number of fused-ring (bicyclic) bond motifs is 1. The van der Waals surface area contributed by atoms with E-state index in [1.54, 1.807) is 20.5 Å². The first-order chi connectivity index (χ1) is 14.5. The Kier molecular flexibility index (Phi) is 10.5. The molecule has 3 aromatic rings. The predicted molar refractivity (Wildman–Crippen MR) is 124 cm³/mol. The predicted octanol–water partition coefficient (Wildman–Crippen LogP) is 6.44. The summed E-state index contributed by atoms with van der Waals surface area (Å²) in [4.78, 5) is 0. The van der Waals surface area contributed by atoms with Gasteiger partial charge in [0.2, 0.25) is 0 Å². The molecule has 1 aromatic heterocycles. The highest BCUT2D eigenvalue weighted by Crippen LogP contribution is 2.32. The highest BCUT2D eigenvalue weighted by molar-refractivity contribution is 9.11. The maximum absolute atomic E-state index is 5.67. The molecule has 30 heavy (non-hydrogen) atoms. The number of methoxy groups -OCH3 is 2. The Morgan fingerprint density at radius 1 is 0.867 bits per heavy atom. The number of rotatable bonds is 9. The monoisotopic (exact) mass is 544 g/mol. The number of ether oxygens (including phenoxy) is 5. The average Bonchev–Trinajstić information content (AvgIpc) is 3.24. The fourth-order valence-corrected chi connectivity index (χ4v) is 3.38. The zero-order valence-corrected chi connectivity index (χ0v) is 20.6. The largest absolute Gasteiger partial charge is 0.493 e. The van der Waals surface area contributed by atoms with Crippen LogP contribution in [-0.2, 0) is 9.47 Å². The summed E-state index contributed by atoms with van der Waals surface area (Å²) in [5.41, 5.74) is 0.784. The summed E-state index contributed by atoms with van der Waals surface area (Å²) in [7, 11) is 3.24. The van der Waals surface area contributed by atoms with E-state index in [-0.39, 0.29) is 6.29 Å². The molecule has 164 valence electrons. The minimum Gasteiger partial charge on any atom is -0.493 e. The molecule has 0 bridgehead atoms. The summed E-state index contributed by atoms with van der Waals surface area (Å²) in [5, 5.41) is 1.04. The topological polar surface area (TPSA) is 59.3 Å². The normalized spacial score (nSPS) is 10.6. The Labute approximate surface area is 193 Å². The van der Waals surface area contributed by atoms with Crippen LogP contribution in [0.3, 0.4) is 0 Å². The second-order valence-electron chi connectivity index (χ2n) is 5.86. The van der Waals surface area contributed by atoms with Gasteiger partial charge in [-0.05, 0) is 50.2 Å². The Morgan fingerprint density at radius 3 is 2.17 bits per heavy atom. The lowest BCUT2D eigenvalue weighted by Crippen LogP contribution is -2.25. The van der Waals surface area contributed by atoms with Gasteiger partial charge in [0.25, 0.3) is 0 Å². The summed E-state index contributed by atoms with van der Waals surface area (Å²) in [6, 6.07) is 11.3. The van der Waals surface area contributed by atoms with Crippen molar-refractivity contribution in [3.8, 4) is 17.2 Å². The molecule has 0 saturated carbocycles. The van der Waals surface area contributed by atoms with Crippen LogP contribution >= 0.6 is 31.9 Å². The summed E-state index contributed by atoms with van der Waals surface area (Å²) in [5.74, 6) is 2.11. The molecule has 3 rings (SSSR count). The molecule has 8 heteroatoms. The van der Waals surface area contributed by atoms with Crippen LogP contribution in [0.25, 0.3) is 11.0 Å². The number of hydrogen-bond acceptors (Lipinski definition) is 6. The molecule has 0 atom stereocenters. The van der Waals surface area contributed by atoms with Crippen LogP contribution in [0.4, 0.5) is 0 Å². The molecule has 0 aliphatic rings. The van der Waals surface area contributed by atoms with E-state index in [1.807, 2.05) is 50.2 Å². The quantitative estimate of drug-likeness (QED) is 0.288. The zero-order chi connectivity index (χ0) is 21.9. The van der Waals surface area contributed by atoms with Gasteiger partial charge in [0.15, 0.2) is 29.1 Å². The molecule has 0 aliphatic heterocycles. The van der Waals surface area contributed by atoms with E-state index >= 15 is 0 Å². The molecule has 0 amide bonds. The molecule has 6 nitrogen and oxygen atoms in total. The van der Waals surface area contributed by atoms with Crippen molar-refractivity contribution in [3.05, 3.63) is 51.6 Å². The van der Waals surface area contributed by atoms with Crippen LogP contribution in [0, 0.1) is 0 Å². The van der Waals surface area contributed by atoms with Crippen molar-refractivity contribution in [3.63, 3.8) is 0 Å². The summed E-state index contributed by atoms with van der Waals surface area (Å²) >= 11 is 6.82. The molecule has 0 spiro atoms. The maximum atomic E-state index is 5.67. The number of hydrogen-bond donors (Lipinski definition) is 0. The Bertz CT molecular complexity index is 906. The summed E-state index contributed by atoms with van der Waals surface area (Å²) in [6.45, 7) is 5.35. The van der Waals surface area contributed by atoms with Gasteiger partial charge in [0.05, 0.1) is 20.5 Å². The average molecular weight is 546 g/mol. The second kappa shape index (κ2) is 12.8. The van der Waals surface area contributed by atoms with E-state index in [4.69, 9.17) is 28.1 Å². The lowest BCUT2D eigenvalue weighted by atomic mass is 10.2. The molecular weight excluding hydrogens is 520 g/mol. The van der Waals surface area contributed by atoms with Gasteiger partial charge in [-0.15, -0.1) is 0 Å². The third-order valence-corrected chi connectivity index (χ3v) is 5.14. The van der Waals surface area contributed by atoms with Crippen molar-refractivity contribution in [2.24, 2.45) is 0 Å². The van der Waals surface area contributed by atoms with Crippen molar-refractivity contribution in [2.45, 2.75) is 20.1 Å². The van der Waals surface area contributed by atoms with E-state index < -0.39 is 0 Å². The third-order valence-electron chi connectivity index (χ3n) is 3.95. The SMILES string of the molecule is CCOC(COc1cc(Br)ccc1OC)OCC.COc1ccc(Br)c2ccoc12. The lowest BCUT2D eigenvalue weighted by molar-refractivity contribution is -0.152. The Hall–Kier alpha value is -1.74. The first kappa shape index (κ1) is 24.5. The highest BCUT2D eigenvalue weighted by atomic mass is 79.9. The van der Waals surface area contributed by atoms with Gasteiger partial charge in [0.1, 0.15) is 6.61 Å². The van der Waals surface area contributed by atoms with Crippen molar-refractivity contribution in [2.75, 3.05) is 34.0 Å². The van der Waals surface area contributed by atoms with Gasteiger partial charge in [0, 0.05) is 27.5 Å². The zero-order valence-electron chi connectivity index (χ0n) is 17.4. The van der Waals surface area contributed by atoms with E-state index in [2.05, 4.69) is 31.9 Å². The Balaban J connectivity index is 0.000000230. The van der Waals surface area contributed by atoms with E-state index in [9.17, 15) is 0 Å². The summed E-state index contributed by atoms with van der Waals surface area (Å²) < 4.78 is 34.1. The van der Waals surface area contributed by atoms with Crippen molar-refractivity contribution < 1.29 is 28.1 Å². The van der Waals surface area contributed by atoms with Crippen LogP contribution in [-0.4, -0.2) is 40.3 Å². The molecule has 0 aliphatic carbocycles.